The number of imidazole rings is 1. The Bertz CT molecular complexity index is 658. The smallest absolute Gasteiger partial charge is 0.178 e. The molecule has 1 fully saturated rings. The van der Waals surface area contributed by atoms with Crippen LogP contribution in [0.5, 0.6) is 0 Å². The highest BCUT2D eigenvalue weighted by Gasteiger charge is 2.19. The Hall–Kier alpha value is -0.800. The van der Waals surface area contributed by atoms with Gasteiger partial charge in [0.25, 0.3) is 0 Å². The zero-order chi connectivity index (χ0) is 14.1. The summed E-state index contributed by atoms with van der Waals surface area (Å²) in [5.41, 5.74) is 2.21. The van der Waals surface area contributed by atoms with Gasteiger partial charge in [-0.05, 0) is 55.1 Å². The molecule has 1 aromatic heterocycles. The van der Waals surface area contributed by atoms with E-state index in [4.69, 9.17) is 23.8 Å². The van der Waals surface area contributed by atoms with Crippen molar-refractivity contribution in [3.63, 3.8) is 0 Å². The lowest BCUT2D eigenvalue weighted by molar-refractivity contribution is 0.261. The van der Waals surface area contributed by atoms with E-state index in [1.807, 2.05) is 18.2 Å². The van der Waals surface area contributed by atoms with E-state index in [0.29, 0.717) is 0 Å². The van der Waals surface area contributed by atoms with Crippen molar-refractivity contribution in [2.75, 3.05) is 0 Å². The number of hydrogen-bond donors (Lipinski definition) is 1. The van der Waals surface area contributed by atoms with E-state index in [9.17, 15) is 0 Å². The molecule has 2 unspecified atom stereocenters. The second kappa shape index (κ2) is 5.90. The van der Waals surface area contributed by atoms with Crippen LogP contribution in [0.15, 0.2) is 18.2 Å². The van der Waals surface area contributed by atoms with Crippen molar-refractivity contribution in [3.05, 3.63) is 28.0 Å². The van der Waals surface area contributed by atoms with Gasteiger partial charge in [-0.2, -0.15) is 0 Å². The number of rotatable bonds is 3. The SMILES string of the molecule is CC1CCCC(CCn2c(=S)[nH]c3ccc(Cl)cc32)C1. The summed E-state index contributed by atoms with van der Waals surface area (Å²) >= 11 is 11.6. The first-order valence-corrected chi connectivity index (χ1v) is 8.30. The lowest BCUT2D eigenvalue weighted by atomic mass is 9.81. The average molecular weight is 309 g/mol. The third-order valence-electron chi connectivity index (χ3n) is 4.54. The van der Waals surface area contributed by atoms with Crippen LogP contribution in [0.4, 0.5) is 0 Å². The minimum absolute atomic E-state index is 0.770. The summed E-state index contributed by atoms with van der Waals surface area (Å²) in [7, 11) is 0. The molecule has 4 heteroatoms. The highest BCUT2D eigenvalue weighted by Crippen LogP contribution is 2.31. The van der Waals surface area contributed by atoms with E-state index < -0.39 is 0 Å². The van der Waals surface area contributed by atoms with E-state index in [1.54, 1.807) is 0 Å². The van der Waals surface area contributed by atoms with Gasteiger partial charge in [-0.1, -0.05) is 37.8 Å². The molecule has 1 aliphatic rings. The quantitative estimate of drug-likeness (QED) is 0.735. The normalized spacial score (nSPS) is 23.3. The number of benzene rings is 1. The number of hydrogen-bond acceptors (Lipinski definition) is 1. The lowest BCUT2D eigenvalue weighted by Gasteiger charge is -2.26. The molecule has 3 rings (SSSR count). The second-order valence-corrected chi connectivity index (χ2v) is 6.99. The number of H-pyrrole nitrogens is 1. The first-order chi connectivity index (χ1) is 9.63. The highest BCUT2D eigenvalue weighted by atomic mass is 35.5. The molecule has 0 aliphatic heterocycles. The molecule has 0 spiro atoms. The van der Waals surface area contributed by atoms with Gasteiger partial charge >= 0.3 is 0 Å². The van der Waals surface area contributed by atoms with Crippen molar-refractivity contribution in [1.29, 1.82) is 0 Å². The molecule has 0 saturated heterocycles. The van der Waals surface area contributed by atoms with Gasteiger partial charge in [0.2, 0.25) is 0 Å². The van der Waals surface area contributed by atoms with Gasteiger partial charge in [-0.3, -0.25) is 0 Å². The third-order valence-corrected chi connectivity index (χ3v) is 5.10. The minimum atomic E-state index is 0.770. The second-order valence-electron chi connectivity index (χ2n) is 6.17. The number of aryl methyl sites for hydroxylation is 1. The largest absolute Gasteiger partial charge is 0.331 e. The molecule has 1 aliphatic carbocycles. The Balaban J connectivity index is 1.78. The zero-order valence-corrected chi connectivity index (χ0v) is 13.4. The Labute approximate surface area is 130 Å². The molecule has 1 N–H and O–H groups in total. The van der Waals surface area contributed by atoms with Gasteiger partial charge in [-0.15, -0.1) is 0 Å². The lowest BCUT2D eigenvalue weighted by Crippen LogP contribution is -2.15. The fraction of sp³-hybridized carbons (Fsp3) is 0.562. The maximum absolute atomic E-state index is 6.11. The van der Waals surface area contributed by atoms with Crippen molar-refractivity contribution < 1.29 is 0 Å². The summed E-state index contributed by atoms with van der Waals surface area (Å²) < 4.78 is 3.02. The van der Waals surface area contributed by atoms with E-state index in [1.165, 1.54) is 32.1 Å². The third kappa shape index (κ3) is 2.94. The predicted molar refractivity (Wildman–Crippen MR) is 87.9 cm³/mol. The van der Waals surface area contributed by atoms with E-state index in [0.717, 1.165) is 39.2 Å². The topological polar surface area (TPSA) is 20.7 Å². The van der Waals surface area contributed by atoms with Crippen LogP contribution in [-0.2, 0) is 6.54 Å². The molecule has 1 aromatic carbocycles. The number of halogens is 1. The molecule has 2 aromatic rings. The number of aromatic amines is 1. The van der Waals surface area contributed by atoms with Gasteiger partial charge < -0.3 is 9.55 Å². The molecule has 0 amide bonds. The maximum Gasteiger partial charge on any atom is 0.178 e. The van der Waals surface area contributed by atoms with Crippen LogP contribution in [0.25, 0.3) is 11.0 Å². The molecular formula is C16H21ClN2S. The van der Waals surface area contributed by atoms with Crippen molar-refractivity contribution in [1.82, 2.24) is 9.55 Å². The molecule has 1 heterocycles. The zero-order valence-electron chi connectivity index (χ0n) is 11.9. The fourth-order valence-electron chi connectivity index (χ4n) is 3.48. The van der Waals surface area contributed by atoms with Crippen LogP contribution in [0.2, 0.25) is 5.02 Å². The van der Waals surface area contributed by atoms with Crippen LogP contribution in [0.3, 0.4) is 0 Å². The molecule has 108 valence electrons. The van der Waals surface area contributed by atoms with Crippen molar-refractivity contribution >= 4 is 34.9 Å². The van der Waals surface area contributed by atoms with Crippen LogP contribution in [0, 0.1) is 16.6 Å². The molecular weight excluding hydrogens is 288 g/mol. The highest BCUT2D eigenvalue weighted by molar-refractivity contribution is 7.71. The Morgan fingerprint density at radius 3 is 3.05 bits per heavy atom. The standard InChI is InChI=1S/C16H21ClN2S/c1-11-3-2-4-12(9-11)7-8-19-15-10-13(17)5-6-14(15)18-16(19)20/h5-6,10-12H,2-4,7-9H2,1H3,(H,18,20). The molecule has 1 saturated carbocycles. The minimum Gasteiger partial charge on any atom is -0.331 e. The average Bonchev–Trinajstić information content (AvgIpc) is 2.72. The van der Waals surface area contributed by atoms with E-state index in [2.05, 4.69) is 16.5 Å². The first-order valence-electron chi connectivity index (χ1n) is 7.51. The Kier molecular flexibility index (Phi) is 4.18. The molecule has 0 radical (unpaired) electrons. The van der Waals surface area contributed by atoms with Gasteiger partial charge in [0.1, 0.15) is 0 Å². The summed E-state index contributed by atoms with van der Waals surface area (Å²) in [6.07, 6.45) is 6.75. The van der Waals surface area contributed by atoms with Crippen LogP contribution < -0.4 is 0 Å². The number of nitrogens with zero attached hydrogens (tertiary/aromatic N) is 1. The van der Waals surface area contributed by atoms with Gasteiger partial charge in [0, 0.05) is 11.6 Å². The summed E-state index contributed by atoms with van der Waals surface area (Å²) in [6.45, 7) is 3.37. The van der Waals surface area contributed by atoms with Crippen molar-refractivity contribution in [3.8, 4) is 0 Å². The van der Waals surface area contributed by atoms with Gasteiger partial charge in [0.05, 0.1) is 11.0 Å². The number of nitrogens with one attached hydrogen (secondary N) is 1. The Morgan fingerprint density at radius 2 is 2.25 bits per heavy atom. The summed E-state index contributed by atoms with van der Waals surface area (Å²) in [5.74, 6) is 1.74. The predicted octanol–water partition coefficient (Wildman–Crippen LogP) is 5.57. The van der Waals surface area contributed by atoms with Crippen molar-refractivity contribution in [2.45, 2.75) is 45.6 Å². The Morgan fingerprint density at radius 1 is 1.40 bits per heavy atom. The van der Waals surface area contributed by atoms with Gasteiger partial charge in [0.15, 0.2) is 4.77 Å². The molecule has 0 bridgehead atoms. The molecule has 20 heavy (non-hydrogen) atoms. The summed E-state index contributed by atoms with van der Waals surface area (Å²) in [6, 6.07) is 5.92. The first kappa shape index (κ1) is 14.2. The number of aromatic nitrogens is 2. The summed E-state index contributed by atoms with van der Waals surface area (Å²) in [4.78, 5) is 3.27. The fourth-order valence-corrected chi connectivity index (χ4v) is 3.95. The van der Waals surface area contributed by atoms with E-state index >= 15 is 0 Å². The van der Waals surface area contributed by atoms with Crippen molar-refractivity contribution in [2.24, 2.45) is 11.8 Å². The molecule has 2 nitrogen and oxygen atoms in total. The summed E-state index contributed by atoms with van der Waals surface area (Å²) in [5, 5.41) is 0.770. The van der Waals surface area contributed by atoms with E-state index in [-0.39, 0.29) is 0 Å². The monoisotopic (exact) mass is 308 g/mol. The van der Waals surface area contributed by atoms with Crippen LogP contribution in [-0.4, -0.2) is 9.55 Å². The maximum atomic E-state index is 6.11. The van der Waals surface area contributed by atoms with Gasteiger partial charge in [-0.25, -0.2) is 0 Å². The number of fused-ring (bicyclic) bond motifs is 1. The molecule has 2 atom stereocenters. The van der Waals surface area contributed by atoms with Crippen LogP contribution in [0.1, 0.15) is 39.0 Å². The van der Waals surface area contributed by atoms with Crippen LogP contribution >= 0.6 is 23.8 Å².